The van der Waals surface area contributed by atoms with Crippen LogP contribution in [-0.2, 0) is 4.79 Å². The predicted molar refractivity (Wildman–Crippen MR) is 74.8 cm³/mol. The summed E-state index contributed by atoms with van der Waals surface area (Å²) in [6.07, 6.45) is 0.480. The number of carbonyl (C=O) groups excluding carboxylic acids is 2. The maximum atomic E-state index is 12.1. The molecule has 0 aliphatic rings. The van der Waals surface area contributed by atoms with Crippen LogP contribution in [0.4, 0.5) is 5.69 Å². The van der Waals surface area contributed by atoms with E-state index in [-0.39, 0.29) is 17.0 Å². The van der Waals surface area contributed by atoms with E-state index in [1.54, 1.807) is 21.0 Å². The molecule has 0 aliphatic carbocycles. The van der Waals surface area contributed by atoms with Gasteiger partial charge in [-0.15, -0.1) is 0 Å². The lowest BCUT2D eigenvalue weighted by molar-refractivity contribution is -0.105. The van der Waals surface area contributed by atoms with Crippen LogP contribution in [-0.4, -0.2) is 41.3 Å². The van der Waals surface area contributed by atoms with Gasteiger partial charge in [-0.2, -0.15) is 0 Å². The van der Waals surface area contributed by atoms with E-state index >= 15 is 0 Å². The summed E-state index contributed by atoms with van der Waals surface area (Å²) in [5, 5.41) is 2.77. The van der Waals surface area contributed by atoms with Crippen LogP contribution in [0.1, 0.15) is 16.2 Å². The van der Waals surface area contributed by atoms with Gasteiger partial charge in [0.15, 0.2) is 0 Å². The van der Waals surface area contributed by atoms with E-state index < -0.39 is 0 Å². The molecule has 0 unspecified atom stereocenters. The SMILES string of the molecule is Cc1nc2cc(NC=O)c(C(=O)N(C)C)cc2c(=O)[nH]1. The number of aromatic nitrogens is 2. The molecule has 2 amide bonds. The van der Waals surface area contributed by atoms with Gasteiger partial charge in [-0.3, -0.25) is 14.4 Å². The third-order valence-corrected chi connectivity index (χ3v) is 2.81. The summed E-state index contributed by atoms with van der Waals surface area (Å²) in [5.41, 5.74) is 0.665. The molecular weight excluding hydrogens is 260 g/mol. The molecule has 2 rings (SSSR count). The van der Waals surface area contributed by atoms with Gasteiger partial charge in [-0.05, 0) is 19.1 Å². The van der Waals surface area contributed by atoms with Crippen molar-refractivity contribution in [3.8, 4) is 0 Å². The highest BCUT2D eigenvalue weighted by atomic mass is 16.2. The molecule has 0 atom stereocenters. The quantitative estimate of drug-likeness (QED) is 0.797. The first-order valence-corrected chi connectivity index (χ1v) is 5.90. The van der Waals surface area contributed by atoms with Crippen molar-refractivity contribution in [3.63, 3.8) is 0 Å². The monoisotopic (exact) mass is 274 g/mol. The van der Waals surface area contributed by atoms with Gasteiger partial charge in [-0.25, -0.2) is 4.98 Å². The number of nitrogens with zero attached hydrogens (tertiary/aromatic N) is 2. The Morgan fingerprint density at radius 2 is 2.10 bits per heavy atom. The van der Waals surface area contributed by atoms with Crippen molar-refractivity contribution < 1.29 is 9.59 Å². The Bertz CT molecular complexity index is 749. The summed E-state index contributed by atoms with van der Waals surface area (Å²) in [4.78, 5) is 42.8. The van der Waals surface area contributed by atoms with E-state index in [0.717, 1.165) is 0 Å². The summed E-state index contributed by atoms with van der Waals surface area (Å²) >= 11 is 0. The molecular formula is C13H14N4O3. The fraction of sp³-hybridized carbons (Fsp3) is 0.231. The molecule has 0 spiro atoms. The van der Waals surface area contributed by atoms with Gasteiger partial charge in [0.05, 0.1) is 22.2 Å². The van der Waals surface area contributed by atoms with E-state index in [1.807, 2.05) is 0 Å². The largest absolute Gasteiger partial charge is 0.345 e. The predicted octanol–water partition coefficient (Wildman–Crippen LogP) is 0.502. The number of amides is 2. The van der Waals surface area contributed by atoms with Crippen molar-refractivity contribution >= 4 is 28.9 Å². The molecule has 2 N–H and O–H groups in total. The lowest BCUT2D eigenvalue weighted by Crippen LogP contribution is -2.23. The number of benzene rings is 1. The second kappa shape index (κ2) is 5.12. The van der Waals surface area contributed by atoms with Crippen LogP contribution in [0.2, 0.25) is 0 Å². The summed E-state index contributed by atoms with van der Waals surface area (Å²) in [6, 6.07) is 2.96. The molecule has 0 saturated carbocycles. The second-order valence-electron chi connectivity index (χ2n) is 4.53. The minimum absolute atomic E-state index is 0.241. The number of nitrogens with one attached hydrogen (secondary N) is 2. The molecule has 7 heteroatoms. The molecule has 0 aliphatic heterocycles. The fourth-order valence-electron chi connectivity index (χ4n) is 1.90. The van der Waals surface area contributed by atoms with E-state index in [9.17, 15) is 14.4 Å². The first-order chi connectivity index (χ1) is 9.43. The molecule has 1 aromatic heterocycles. The van der Waals surface area contributed by atoms with Crippen LogP contribution in [0.5, 0.6) is 0 Å². The Kier molecular flexibility index (Phi) is 3.51. The Labute approximate surface area is 114 Å². The van der Waals surface area contributed by atoms with E-state index in [2.05, 4.69) is 15.3 Å². The number of H-pyrrole nitrogens is 1. The molecule has 0 radical (unpaired) electrons. The highest BCUT2D eigenvalue weighted by molar-refractivity contribution is 6.05. The number of aryl methyl sites for hydroxylation is 1. The van der Waals surface area contributed by atoms with Crippen LogP contribution < -0.4 is 10.9 Å². The second-order valence-corrected chi connectivity index (χ2v) is 4.53. The molecule has 0 bridgehead atoms. The summed E-state index contributed by atoms with van der Waals surface area (Å²) in [7, 11) is 3.18. The zero-order chi connectivity index (χ0) is 14.9. The third kappa shape index (κ3) is 2.37. The van der Waals surface area contributed by atoms with Crippen molar-refractivity contribution in [2.45, 2.75) is 6.92 Å². The smallest absolute Gasteiger partial charge is 0.258 e. The molecule has 0 fully saturated rings. The highest BCUT2D eigenvalue weighted by Gasteiger charge is 2.16. The standard InChI is InChI=1S/C13H14N4O3/c1-7-15-11-5-10(14-6-18)9(13(20)17(2)3)4-8(11)12(19)16-7/h4-6H,1-3H3,(H,14,18)(H,15,16,19). The summed E-state index contributed by atoms with van der Waals surface area (Å²) < 4.78 is 0. The van der Waals surface area contributed by atoms with Gasteiger partial charge >= 0.3 is 0 Å². The normalized spacial score (nSPS) is 10.3. The zero-order valence-electron chi connectivity index (χ0n) is 11.4. The lowest BCUT2D eigenvalue weighted by Gasteiger charge is -2.14. The Hall–Kier alpha value is -2.70. The number of hydrogen-bond acceptors (Lipinski definition) is 4. The Morgan fingerprint density at radius 3 is 2.70 bits per heavy atom. The van der Waals surface area contributed by atoms with Gasteiger partial charge < -0.3 is 15.2 Å². The van der Waals surface area contributed by atoms with Gasteiger partial charge in [0.25, 0.3) is 11.5 Å². The van der Waals surface area contributed by atoms with Crippen LogP contribution in [0.25, 0.3) is 10.9 Å². The van der Waals surface area contributed by atoms with Crippen molar-refractivity contribution in [1.82, 2.24) is 14.9 Å². The van der Waals surface area contributed by atoms with Gasteiger partial charge in [0, 0.05) is 14.1 Å². The van der Waals surface area contributed by atoms with Crippen molar-refractivity contribution in [2.24, 2.45) is 0 Å². The van der Waals surface area contributed by atoms with Crippen molar-refractivity contribution in [3.05, 3.63) is 33.9 Å². The number of fused-ring (bicyclic) bond motifs is 1. The number of hydrogen-bond donors (Lipinski definition) is 2. The fourth-order valence-corrected chi connectivity index (χ4v) is 1.90. The maximum Gasteiger partial charge on any atom is 0.258 e. The maximum absolute atomic E-state index is 12.1. The van der Waals surface area contributed by atoms with Crippen LogP contribution in [0.3, 0.4) is 0 Å². The number of anilines is 1. The van der Waals surface area contributed by atoms with Crippen LogP contribution in [0, 0.1) is 6.92 Å². The van der Waals surface area contributed by atoms with Gasteiger partial charge in [0.1, 0.15) is 5.82 Å². The molecule has 104 valence electrons. The van der Waals surface area contributed by atoms with E-state index in [4.69, 9.17) is 0 Å². The molecule has 2 aromatic rings. The van der Waals surface area contributed by atoms with Crippen molar-refractivity contribution in [1.29, 1.82) is 0 Å². The van der Waals surface area contributed by atoms with E-state index in [0.29, 0.717) is 28.8 Å². The van der Waals surface area contributed by atoms with Crippen molar-refractivity contribution in [2.75, 3.05) is 19.4 Å². The van der Waals surface area contributed by atoms with Crippen LogP contribution >= 0.6 is 0 Å². The molecule has 1 aromatic carbocycles. The third-order valence-electron chi connectivity index (χ3n) is 2.81. The average Bonchev–Trinajstić information content (AvgIpc) is 2.37. The van der Waals surface area contributed by atoms with Gasteiger partial charge in [0.2, 0.25) is 6.41 Å². The lowest BCUT2D eigenvalue weighted by atomic mass is 10.1. The summed E-state index contributed by atoms with van der Waals surface area (Å²) in [5.74, 6) is 0.155. The molecule has 1 heterocycles. The van der Waals surface area contributed by atoms with Crippen LogP contribution in [0.15, 0.2) is 16.9 Å². The molecule has 20 heavy (non-hydrogen) atoms. The minimum atomic E-state index is -0.321. The highest BCUT2D eigenvalue weighted by Crippen LogP contribution is 2.21. The van der Waals surface area contributed by atoms with Gasteiger partial charge in [-0.1, -0.05) is 0 Å². The Balaban J connectivity index is 2.78. The topological polar surface area (TPSA) is 95.2 Å². The number of rotatable bonds is 3. The number of carbonyl (C=O) groups is 2. The Morgan fingerprint density at radius 1 is 1.40 bits per heavy atom. The molecule has 0 saturated heterocycles. The van der Waals surface area contributed by atoms with E-state index in [1.165, 1.54) is 17.0 Å². The number of aromatic amines is 1. The molecule has 7 nitrogen and oxygen atoms in total. The first-order valence-electron chi connectivity index (χ1n) is 5.90. The summed E-state index contributed by atoms with van der Waals surface area (Å²) in [6.45, 7) is 1.66. The average molecular weight is 274 g/mol. The zero-order valence-corrected chi connectivity index (χ0v) is 11.4. The minimum Gasteiger partial charge on any atom is -0.345 e. The first kappa shape index (κ1) is 13.7.